The van der Waals surface area contributed by atoms with Crippen molar-refractivity contribution in [2.75, 3.05) is 11.9 Å². The van der Waals surface area contributed by atoms with E-state index < -0.39 is 0 Å². The summed E-state index contributed by atoms with van der Waals surface area (Å²) in [6.45, 7) is 1.74. The Hall–Kier alpha value is -1.94. The van der Waals surface area contributed by atoms with Gasteiger partial charge in [-0.25, -0.2) is 4.39 Å². The number of aryl methyl sites for hydroxylation is 1. The van der Waals surface area contributed by atoms with Gasteiger partial charge in [-0.2, -0.15) is 0 Å². The van der Waals surface area contributed by atoms with E-state index >= 15 is 0 Å². The monoisotopic (exact) mass is 246 g/mol. The van der Waals surface area contributed by atoms with Crippen LogP contribution in [0.3, 0.4) is 0 Å². The van der Waals surface area contributed by atoms with E-state index in [1.807, 2.05) is 19.1 Å². The second kappa shape index (κ2) is 5.60. The van der Waals surface area contributed by atoms with Crippen molar-refractivity contribution in [1.82, 2.24) is 4.98 Å². The molecule has 0 saturated carbocycles. The van der Waals surface area contributed by atoms with Crippen LogP contribution < -0.4 is 5.32 Å². The number of nitrogens with zero attached hydrogens (tertiary/aromatic N) is 1. The lowest BCUT2D eigenvalue weighted by Gasteiger charge is -2.18. The molecule has 3 nitrogen and oxygen atoms in total. The van der Waals surface area contributed by atoms with Crippen molar-refractivity contribution in [3.8, 4) is 0 Å². The summed E-state index contributed by atoms with van der Waals surface area (Å²) in [5.41, 5.74) is 2.35. The van der Waals surface area contributed by atoms with Crippen molar-refractivity contribution < 1.29 is 9.50 Å². The van der Waals surface area contributed by atoms with Gasteiger partial charge in [0.05, 0.1) is 12.6 Å². The maximum Gasteiger partial charge on any atom is 0.125 e. The van der Waals surface area contributed by atoms with E-state index in [1.54, 1.807) is 18.5 Å². The van der Waals surface area contributed by atoms with Crippen LogP contribution in [0.1, 0.15) is 17.2 Å². The molecule has 0 aliphatic carbocycles. The van der Waals surface area contributed by atoms with Crippen molar-refractivity contribution in [2.24, 2.45) is 0 Å². The zero-order chi connectivity index (χ0) is 13.0. The number of pyridine rings is 1. The van der Waals surface area contributed by atoms with Gasteiger partial charge >= 0.3 is 0 Å². The van der Waals surface area contributed by atoms with Gasteiger partial charge < -0.3 is 10.4 Å². The molecule has 1 aromatic carbocycles. The van der Waals surface area contributed by atoms with E-state index in [4.69, 9.17) is 0 Å². The van der Waals surface area contributed by atoms with Gasteiger partial charge in [-0.05, 0) is 42.3 Å². The molecular weight excluding hydrogens is 231 g/mol. The fourth-order valence-corrected chi connectivity index (χ4v) is 1.84. The molecule has 2 rings (SSSR count). The third-order valence-electron chi connectivity index (χ3n) is 2.65. The number of nitrogens with one attached hydrogen (secondary N) is 1. The van der Waals surface area contributed by atoms with E-state index in [9.17, 15) is 9.50 Å². The fourth-order valence-electron chi connectivity index (χ4n) is 1.84. The third-order valence-corrected chi connectivity index (χ3v) is 2.65. The van der Waals surface area contributed by atoms with Gasteiger partial charge in [-0.3, -0.25) is 4.98 Å². The van der Waals surface area contributed by atoms with Gasteiger partial charge in [0.15, 0.2) is 0 Å². The largest absolute Gasteiger partial charge is 0.394 e. The minimum absolute atomic E-state index is 0.0821. The van der Waals surface area contributed by atoms with Crippen molar-refractivity contribution in [2.45, 2.75) is 13.0 Å². The van der Waals surface area contributed by atoms with Crippen LogP contribution in [-0.2, 0) is 0 Å². The van der Waals surface area contributed by atoms with E-state index in [-0.39, 0.29) is 18.5 Å². The van der Waals surface area contributed by atoms with Crippen LogP contribution in [0.25, 0.3) is 0 Å². The van der Waals surface area contributed by atoms with Gasteiger partial charge in [0.1, 0.15) is 5.82 Å². The minimum Gasteiger partial charge on any atom is -0.394 e. The molecule has 0 amide bonds. The molecule has 4 heteroatoms. The number of benzene rings is 1. The molecular formula is C14H15FN2O. The van der Waals surface area contributed by atoms with Crippen molar-refractivity contribution in [3.63, 3.8) is 0 Å². The van der Waals surface area contributed by atoms with Crippen LogP contribution in [0, 0.1) is 12.7 Å². The summed E-state index contributed by atoms with van der Waals surface area (Å²) in [7, 11) is 0. The second-order valence-corrected chi connectivity index (χ2v) is 4.18. The molecule has 0 bridgehead atoms. The zero-order valence-electron chi connectivity index (χ0n) is 10.1. The molecule has 1 unspecified atom stereocenters. The highest BCUT2D eigenvalue weighted by molar-refractivity contribution is 5.48. The number of hydrogen-bond acceptors (Lipinski definition) is 3. The SMILES string of the molecule is Cc1cc(F)cc(NC(CO)c2cccnc2)c1. The van der Waals surface area contributed by atoms with Crippen LogP contribution in [0.15, 0.2) is 42.7 Å². The van der Waals surface area contributed by atoms with Crippen LogP contribution in [0.4, 0.5) is 10.1 Å². The van der Waals surface area contributed by atoms with Crippen LogP contribution in [0.2, 0.25) is 0 Å². The molecule has 0 aliphatic rings. The molecule has 0 radical (unpaired) electrons. The highest BCUT2D eigenvalue weighted by atomic mass is 19.1. The molecule has 1 atom stereocenters. The number of aliphatic hydroxyl groups excluding tert-OH is 1. The topological polar surface area (TPSA) is 45.1 Å². The summed E-state index contributed by atoms with van der Waals surface area (Å²) in [5.74, 6) is -0.291. The van der Waals surface area contributed by atoms with Crippen LogP contribution >= 0.6 is 0 Å². The maximum atomic E-state index is 13.3. The smallest absolute Gasteiger partial charge is 0.125 e. The summed E-state index contributed by atoms with van der Waals surface area (Å²) in [5, 5.41) is 12.5. The lowest BCUT2D eigenvalue weighted by Crippen LogP contribution is -2.15. The second-order valence-electron chi connectivity index (χ2n) is 4.18. The van der Waals surface area contributed by atoms with Crippen molar-refractivity contribution in [1.29, 1.82) is 0 Å². The Morgan fingerprint density at radius 3 is 2.83 bits per heavy atom. The quantitative estimate of drug-likeness (QED) is 0.871. The zero-order valence-corrected chi connectivity index (χ0v) is 10.1. The Balaban J connectivity index is 2.20. The lowest BCUT2D eigenvalue weighted by molar-refractivity contribution is 0.276. The first kappa shape index (κ1) is 12.5. The average molecular weight is 246 g/mol. The molecule has 94 valence electrons. The Labute approximate surface area is 105 Å². The summed E-state index contributed by atoms with van der Waals surface area (Å²) < 4.78 is 13.3. The van der Waals surface area contributed by atoms with E-state index in [1.165, 1.54) is 12.1 Å². The molecule has 2 N–H and O–H groups in total. The van der Waals surface area contributed by atoms with Gasteiger partial charge in [0.25, 0.3) is 0 Å². The number of anilines is 1. The first-order chi connectivity index (χ1) is 8.69. The number of aliphatic hydroxyl groups is 1. The van der Waals surface area contributed by atoms with Gasteiger partial charge in [-0.1, -0.05) is 6.07 Å². The molecule has 0 aliphatic heterocycles. The number of hydrogen-bond donors (Lipinski definition) is 2. The maximum absolute atomic E-state index is 13.3. The molecule has 1 aromatic heterocycles. The summed E-state index contributed by atoms with van der Waals surface area (Å²) in [6, 6.07) is 8.08. The van der Waals surface area contributed by atoms with E-state index in [0.29, 0.717) is 5.69 Å². The average Bonchev–Trinajstić information content (AvgIpc) is 2.36. The normalized spacial score (nSPS) is 12.2. The minimum atomic E-state index is -0.292. The fraction of sp³-hybridized carbons (Fsp3) is 0.214. The van der Waals surface area contributed by atoms with Crippen molar-refractivity contribution >= 4 is 5.69 Å². The van der Waals surface area contributed by atoms with Gasteiger partial charge in [0, 0.05) is 18.1 Å². The number of halogens is 1. The Kier molecular flexibility index (Phi) is 3.89. The first-order valence-corrected chi connectivity index (χ1v) is 5.73. The molecule has 0 spiro atoms. The summed E-state index contributed by atoms with van der Waals surface area (Å²) >= 11 is 0. The standard InChI is InChI=1S/C14H15FN2O/c1-10-5-12(15)7-13(6-10)17-14(9-18)11-3-2-4-16-8-11/h2-8,14,17-18H,9H2,1H3. The van der Waals surface area contributed by atoms with Gasteiger partial charge in [-0.15, -0.1) is 0 Å². The Morgan fingerprint density at radius 1 is 1.39 bits per heavy atom. The van der Waals surface area contributed by atoms with Crippen LogP contribution in [0.5, 0.6) is 0 Å². The molecule has 18 heavy (non-hydrogen) atoms. The highest BCUT2D eigenvalue weighted by Crippen LogP contribution is 2.20. The Bertz CT molecular complexity index is 496. The molecule has 0 saturated heterocycles. The predicted molar refractivity (Wildman–Crippen MR) is 68.8 cm³/mol. The Morgan fingerprint density at radius 2 is 2.22 bits per heavy atom. The van der Waals surface area contributed by atoms with Crippen LogP contribution in [-0.4, -0.2) is 16.7 Å². The molecule has 0 fully saturated rings. The first-order valence-electron chi connectivity index (χ1n) is 5.73. The lowest BCUT2D eigenvalue weighted by atomic mass is 10.1. The van der Waals surface area contributed by atoms with E-state index in [2.05, 4.69) is 10.3 Å². The summed E-state index contributed by atoms with van der Waals surface area (Å²) in [4.78, 5) is 4.01. The van der Waals surface area contributed by atoms with E-state index in [0.717, 1.165) is 11.1 Å². The van der Waals surface area contributed by atoms with Crippen molar-refractivity contribution in [3.05, 3.63) is 59.7 Å². The predicted octanol–water partition coefficient (Wildman–Crippen LogP) is 2.67. The number of aromatic nitrogens is 1. The highest BCUT2D eigenvalue weighted by Gasteiger charge is 2.10. The molecule has 1 heterocycles. The third kappa shape index (κ3) is 3.05. The van der Waals surface area contributed by atoms with Gasteiger partial charge in [0.2, 0.25) is 0 Å². The number of rotatable bonds is 4. The summed E-state index contributed by atoms with van der Waals surface area (Å²) in [6.07, 6.45) is 3.35. The molecule has 2 aromatic rings.